The van der Waals surface area contributed by atoms with Crippen LogP contribution in [0.5, 0.6) is 0 Å². The fourth-order valence-electron chi connectivity index (χ4n) is 1.35. The molecular formula is C13H16BrF2NO2. The number of hydrogen-bond acceptors (Lipinski definition) is 3. The van der Waals surface area contributed by atoms with Crippen molar-refractivity contribution >= 4 is 27.6 Å². The van der Waals surface area contributed by atoms with Crippen LogP contribution in [0.15, 0.2) is 16.6 Å². The van der Waals surface area contributed by atoms with Gasteiger partial charge in [-0.2, -0.15) is 0 Å². The highest BCUT2D eigenvalue weighted by molar-refractivity contribution is 9.10. The van der Waals surface area contributed by atoms with Crippen LogP contribution < -0.4 is 5.32 Å². The standard InChI is InChI=1S/C13H16BrF2NO2/c1-7(12(18)19-13(2,3)4)17-11-9(14)5-8(15)6-10(11)16/h5-7,17H,1-4H3. The zero-order valence-corrected chi connectivity index (χ0v) is 12.8. The molecule has 1 aromatic carbocycles. The van der Waals surface area contributed by atoms with Crippen molar-refractivity contribution < 1.29 is 18.3 Å². The molecule has 0 saturated carbocycles. The number of hydrogen-bond donors (Lipinski definition) is 1. The first-order valence-corrected chi connectivity index (χ1v) is 6.53. The molecule has 0 bridgehead atoms. The Morgan fingerprint density at radius 1 is 1.37 bits per heavy atom. The summed E-state index contributed by atoms with van der Waals surface area (Å²) >= 11 is 3.04. The van der Waals surface area contributed by atoms with Crippen LogP contribution in [0, 0.1) is 11.6 Å². The molecule has 0 aliphatic rings. The minimum atomic E-state index is -0.776. The van der Waals surface area contributed by atoms with Crippen LogP contribution in [-0.2, 0) is 9.53 Å². The molecule has 0 saturated heterocycles. The fourth-order valence-corrected chi connectivity index (χ4v) is 1.87. The van der Waals surface area contributed by atoms with Crippen LogP contribution in [0.4, 0.5) is 14.5 Å². The number of rotatable bonds is 3. The molecule has 19 heavy (non-hydrogen) atoms. The summed E-state index contributed by atoms with van der Waals surface area (Å²) in [5.41, 5.74) is -0.592. The van der Waals surface area contributed by atoms with E-state index in [0.717, 1.165) is 12.1 Å². The smallest absolute Gasteiger partial charge is 0.328 e. The zero-order chi connectivity index (χ0) is 14.8. The van der Waals surface area contributed by atoms with Gasteiger partial charge in [-0.25, -0.2) is 13.6 Å². The lowest BCUT2D eigenvalue weighted by Crippen LogP contribution is -2.34. The molecule has 6 heteroatoms. The van der Waals surface area contributed by atoms with E-state index in [-0.39, 0.29) is 10.2 Å². The van der Waals surface area contributed by atoms with Gasteiger partial charge in [0.15, 0.2) is 0 Å². The minimum absolute atomic E-state index is 0.0276. The number of benzene rings is 1. The molecule has 0 amide bonds. The highest BCUT2D eigenvalue weighted by atomic mass is 79.9. The lowest BCUT2D eigenvalue weighted by molar-refractivity contribution is -0.155. The summed E-state index contributed by atoms with van der Waals surface area (Å²) in [7, 11) is 0. The van der Waals surface area contributed by atoms with Crippen LogP contribution in [0.1, 0.15) is 27.7 Å². The second-order valence-corrected chi connectivity index (χ2v) is 6.00. The van der Waals surface area contributed by atoms with Crippen molar-refractivity contribution in [2.45, 2.75) is 39.3 Å². The van der Waals surface area contributed by atoms with Crippen molar-refractivity contribution in [2.24, 2.45) is 0 Å². The van der Waals surface area contributed by atoms with Crippen molar-refractivity contribution in [1.29, 1.82) is 0 Å². The maximum Gasteiger partial charge on any atom is 0.328 e. The summed E-state index contributed by atoms with van der Waals surface area (Å²) in [6.45, 7) is 6.77. The topological polar surface area (TPSA) is 38.3 Å². The molecule has 1 atom stereocenters. The number of carbonyl (C=O) groups is 1. The number of esters is 1. The van der Waals surface area contributed by atoms with Crippen LogP contribution in [-0.4, -0.2) is 17.6 Å². The third-order valence-electron chi connectivity index (χ3n) is 2.13. The molecule has 0 fully saturated rings. The minimum Gasteiger partial charge on any atom is -0.458 e. The molecule has 1 unspecified atom stereocenters. The van der Waals surface area contributed by atoms with Gasteiger partial charge < -0.3 is 10.1 Å². The highest BCUT2D eigenvalue weighted by Crippen LogP contribution is 2.27. The second-order valence-electron chi connectivity index (χ2n) is 5.14. The molecule has 1 aromatic rings. The second kappa shape index (κ2) is 5.86. The van der Waals surface area contributed by atoms with E-state index in [0.29, 0.717) is 0 Å². The van der Waals surface area contributed by atoms with E-state index in [1.807, 2.05) is 0 Å². The Bertz CT molecular complexity index is 463. The largest absolute Gasteiger partial charge is 0.458 e. The van der Waals surface area contributed by atoms with E-state index in [2.05, 4.69) is 21.2 Å². The first kappa shape index (κ1) is 15.9. The van der Waals surface area contributed by atoms with Gasteiger partial charge in [0.1, 0.15) is 23.3 Å². The normalized spacial score (nSPS) is 13.0. The first-order chi connectivity index (χ1) is 8.60. The maximum absolute atomic E-state index is 13.6. The third kappa shape index (κ3) is 4.78. The van der Waals surface area contributed by atoms with Gasteiger partial charge in [-0.05, 0) is 49.7 Å². The van der Waals surface area contributed by atoms with E-state index in [1.165, 1.54) is 0 Å². The monoisotopic (exact) mass is 335 g/mol. The molecule has 0 aromatic heterocycles. The van der Waals surface area contributed by atoms with Gasteiger partial charge in [-0.15, -0.1) is 0 Å². The zero-order valence-electron chi connectivity index (χ0n) is 11.2. The predicted octanol–water partition coefficient (Wildman–Crippen LogP) is 3.87. The van der Waals surface area contributed by atoms with Gasteiger partial charge in [-0.3, -0.25) is 0 Å². The summed E-state index contributed by atoms with van der Waals surface area (Å²) in [5.74, 6) is -1.98. The average molecular weight is 336 g/mol. The molecule has 1 N–H and O–H groups in total. The number of anilines is 1. The summed E-state index contributed by atoms with van der Waals surface area (Å²) < 4.78 is 31.9. The number of halogens is 3. The molecule has 0 aliphatic carbocycles. The summed E-state index contributed by atoms with van der Waals surface area (Å²) in [6.07, 6.45) is 0. The lowest BCUT2D eigenvalue weighted by Gasteiger charge is -2.23. The fraction of sp³-hybridized carbons (Fsp3) is 0.462. The van der Waals surface area contributed by atoms with Gasteiger partial charge >= 0.3 is 5.97 Å². The lowest BCUT2D eigenvalue weighted by atomic mass is 10.2. The molecular weight excluding hydrogens is 320 g/mol. The number of nitrogens with one attached hydrogen (secondary N) is 1. The van der Waals surface area contributed by atoms with Gasteiger partial charge in [-0.1, -0.05) is 0 Å². The van der Waals surface area contributed by atoms with Gasteiger partial charge in [0.2, 0.25) is 0 Å². The van der Waals surface area contributed by atoms with E-state index < -0.39 is 29.2 Å². The summed E-state index contributed by atoms with van der Waals surface area (Å²) in [5, 5.41) is 2.66. The third-order valence-corrected chi connectivity index (χ3v) is 2.75. The number of carbonyl (C=O) groups excluding carboxylic acids is 1. The van der Waals surface area contributed by atoms with Gasteiger partial charge in [0.25, 0.3) is 0 Å². The molecule has 0 aliphatic heterocycles. The van der Waals surface area contributed by atoms with Crippen LogP contribution in [0.25, 0.3) is 0 Å². The van der Waals surface area contributed by atoms with Crippen molar-refractivity contribution in [3.63, 3.8) is 0 Å². The van der Waals surface area contributed by atoms with Gasteiger partial charge in [0.05, 0.1) is 5.69 Å². The maximum atomic E-state index is 13.6. The van der Waals surface area contributed by atoms with Crippen LogP contribution in [0.2, 0.25) is 0 Å². The van der Waals surface area contributed by atoms with E-state index >= 15 is 0 Å². The average Bonchev–Trinajstić information content (AvgIpc) is 2.20. The predicted molar refractivity (Wildman–Crippen MR) is 73.0 cm³/mol. The van der Waals surface area contributed by atoms with Crippen LogP contribution in [0.3, 0.4) is 0 Å². The Hall–Kier alpha value is -1.17. The molecule has 3 nitrogen and oxygen atoms in total. The summed E-state index contributed by atoms with van der Waals surface area (Å²) in [6, 6.07) is 1.11. The SMILES string of the molecule is CC(Nc1c(F)cc(F)cc1Br)C(=O)OC(C)(C)C. The van der Waals surface area contributed by atoms with Crippen molar-refractivity contribution in [2.75, 3.05) is 5.32 Å². The van der Waals surface area contributed by atoms with Crippen molar-refractivity contribution in [1.82, 2.24) is 0 Å². The van der Waals surface area contributed by atoms with Crippen molar-refractivity contribution in [3.8, 4) is 0 Å². The number of ether oxygens (including phenoxy) is 1. The molecule has 0 spiro atoms. The Kier molecular flexibility index (Phi) is 4.90. The van der Waals surface area contributed by atoms with E-state index in [1.54, 1.807) is 27.7 Å². The molecule has 1 rings (SSSR count). The molecule has 0 heterocycles. The quantitative estimate of drug-likeness (QED) is 0.852. The Balaban J connectivity index is 2.83. The highest BCUT2D eigenvalue weighted by Gasteiger charge is 2.23. The van der Waals surface area contributed by atoms with Crippen molar-refractivity contribution in [3.05, 3.63) is 28.2 Å². The van der Waals surface area contributed by atoms with E-state index in [4.69, 9.17) is 4.74 Å². The Morgan fingerprint density at radius 2 is 1.95 bits per heavy atom. The Morgan fingerprint density at radius 3 is 2.42 bits per heavy atom. The van der Waals surface area contributed by atoms with E-state index in [9.17, 15) is 13.6 Å². The molecule has 106 valence electrons. The summed E-state index contributed by atoms with van der Waals surface area (Å²) in [4.78, 5) is 11.8. The Labute approximate surface area is 119 Å². The van der Waals surface area contributed by atoms with Crippen LogP contribution >= 0.6 is 15.9 Å². The first-order valence-electron chi connectivity index (χ1n) is 5.74. The molecule has 0 radical (unpaired) electrons. The van der Waals surface area contributed by atoms with Gasteiger partial charge in [0, 0.05) is 10.5 Å².